The first-order chi connectivity index (χ1) is 9.10. The van der Waals surface area contributed by atoms with Crippen molar-refractivity contribution in [1.82, 2.24) is 9.97 Å². The monoisotopic (exact) mass is 264 g/mol. The number of aromatic amines is 1. The lowest BCUT2D eigenvalue weighted by molar-refractivity contribution is 0.180. The Labute approximate surface area is 114 Å². The molecule has 0 saturated heterocycles. The standard InChI is InChI=1S/C15H24N2O2/c1-10(2)11-4-6-12(7-5-11)15-16-13(9-19-3)8-14(18)17-15/h8,10-12H,4-7,9H2,1-3H3,(H,16,17,18). The molecule has 0 amide bonds. The van der Waals surface area contributed by atoms with E-state index in [0.717, 1.165) is 36.2 Å². The van der Waals surface area contributed by atoms with Crippen LogP contribution in [0, 0.1) is 11.8 Å². The van der Waals surface area contributed by atoms with Crippen LogP contribution in [0.15, 0.2) is 10.9 Å². The van der Waals surface area contributed by atoms with E-state index in [1.807, 2.05) is 0 Å². The summed E-state index contributed by atoms with van der Waals surface area (Å²) in [5, 5.41) is 0. The zero-order valence-corrected chi connectivity index (χ0v) is 12.1. The van der Waals surface area contributed by atoms with Crippen LogP contribution in [0.3, 0.4) is 0 Å². The molecule has 0 spiro atoms. The van der Waals surface area contributed by atoms with Crippen LogP contribution in [0.25, 0.3) is 0 Å². The molecule has 1 aliphatic carbocycles. The number of rotatable bonds is 4. The Morgan fingerprint density at radius 2 is 2.05 bits per heavy atom. The molecule has 4 heteroatoms. The summed E-state index contributed by atoms with van der Waals surface area (Å²) >= 11 is 0. The van der Waals surface area contributed by atoms with E-state index in [2.05, 4.69) is 23.8 Å². The fraction of sp³-hybridized carbons (Fsp3) is 0.733. The molecule has 1 aromatic heterocycles. The number of hydrogen-bond acceptors (Lipinski definition) is 3. The Hall–Kier alpha value is -1.16. The lowest BCUT2D eigenvalue weighted by Crippen LogP contribution is -2.22. The fourth-order valence-electron chi connectivity index (χ4n) is 3.00. The smallest absolute Gasteiger partial charge is 0.251 e. The highest BCUT2D eigenvalue weighted by Gasteiger charge is 2.25. The van der Waals surface area contributed by atoms with Gasteiger partial charge >= 0.3 is 0 Å². The topological polar surface area (TPSA) is 55.0 Å². The molecule has 0 aromatic carbocycles. The molecule has 2 rings (SSSR count). The minimum absolute atomic E-state index is 0.0666. The molecule has 106 valence electrons. The predicted octanol–water partition coefficient (Wildman–Crippen LogP) is 2.85. The van der Waals surface area contributed by atoms with E-state index in [-0.39, 0.29) is 5.56 Å². The van der Waals surface area contributed by atoms with Gasteiger partial charge in [0.2, 0.25) is 0 Å². The average Bonchev–Trinajstić information content (AvgIpc) is 2.38. The first kappa shape index (κ1) is 14.3. The number of aromatic nitrogens is 2. The summed E-state index contributed by atoms with van der Waals surface area (Å²) in [5.74, 6) is 2.83. The molecule has 0 atom stereocenters. The maximum Gasteiger partial charge on any atom is 0.251 e. The average molecular weight is 264 g/mol. The van der Waals surface area contributed by atoms with Gasteiger partial charge in [-0.05, 0) is 37.5 Å². The largest absolute Gasteiger partial charge is 0.378 e. The SMILES string of the molecule is COCc1cc(=O)[nH]c(C2CCC(C(C)C)CC2)n1. The summed E-state index contributed by atoms with van der Waals surface area (Å²) in [5.41, 5.74) is 0.662. The third kappa shape index (κ3) is 3.66. The molecule has 1 fully saturated rings. The highest BCUT2D eigenvalue weighted by molar-refractivity contribution is 5.06. The van der Waals surface area contributed by atoms with Crippen molar-refractivity contribution in [2.75, 3.05) is 7.11 Å². The van der Waals surface area contributed by atoms with Crippen molar-refractivity contribution in [3.05, 3.63) is 27.9 Å². The first-order valence-corrected chi connectivity index (χ1v) is 7.19. The molecular weight excluding hydrogens is 240 g/mol. The number of nitrogens with one attached hydrogen (secondary N) is 1. The van der Waals surface area contributed by atoms with Crippen LogP contribution in [0.2, 0.25) is 0 Å². The Kier molecular flexibility index (Phi) is 4.75. The molecule has 0 unspecified atom stereocenters. The molecular formula is C15H24N2O2. The molecule has 0 radical (unpaired) electrons. The van der Waals surface area contributed by atoms with Crippen molar-refractivity contribution < 1.29 is 4.74 Å². The fourth-order valence-corrected chi connectivity index (χ4v) is 3.00. The number of methoxy groups -OCH3 is 1. The van der Waals surface area contributed by atoms with Crippen molar-refractivity contribution in [2.24, 2.45) is 11.8 Å². The number of nitrogens with zero attached hydrogens (tertiary/aromatic N) is 1. The van der Waals surface area contributed by atoms with Crippen molar-refractivity contribution >= 4 is 0 Å². The van der Waals surface area contributed by atoms with Crippen molar-refractivity contribution in [2.45, 2.75) is 52.1 Å². The van der Waals surface area contributed by atoms with E-state index in [4.69, 9.17) is 4.74 Å². The summed E-state index contributed by atoms with van der Waals surface area (Å²) < 4.78 is 5.06. The third-order valence-corrected chi connectivity index (χ3v) is 4.21. The van der Waals surface area contributed by atoms with Gasteiger partial charge in [-0.15, -0.1) is 0 Å². The van der Waals surface area contributed by atoms with E-state index in [1.165, 1.54) is 18.9 Å². The van der Waals surface area contributed by atoms with Crippen LogP contribution in [0.4, 0.5) is 0 Å². The molecule has 0 aliphatic heterocycles. The van der Waals surface area contributed by atoms with E-state index in [9.17, 15) is 4.79 Å². The Balaban J connectivity index is 2.08. The van der Waals surface area contributed by atoms with E-state index in [0.29, 0.717) is 12.5 Å². The van der Waals surface area contributed by atoms with E-state index in [1.54, 1.807) is 7.11 Å². The van der Waals surface area contributed by atoms with Gasteiger partial charge in [-0.1, -0.05) is 13.8 Å². The van der Waals surface area contributed by atoms with Gasteiger partial charge in [-0.3, -0.25) is 4.79 Å². The molecule has 1 saturated carbocycles. The highest BCUT2D eigenvalue weighted by atomic mass is 16.5. The van der Waals surface area contributed by atoms with Crippen LogP contribution in [-0.4, -0.2) is 17.1 Å². The second-order valence-corrected chi connectivity index (χ2v) is 5.91. The zero-order chi connectivity index (χ0) is 13.8. The maximum absolute atomic E-state index is 11.7. The van der Waals surface area contributed by atoms with Crippen molar-refractivity contribution in [3.63, 3.8) is 0 Å². The van der Waals surface area contributed by atoms with E-state index < -0.39 is 0 Å². The Morgan fingerprint density at radius 3 is 2.63 bits per heavy atom. The molecule has 0 bridgehead atoms. The molecule has 19 heavy (non-hydrogen) atoms. The van der Waals surface area contributed by atoms with Crippen LogP contribution >= 0.6 is 0 Å². The van der Waals surface area contributed by atoms with Crippen LogP contribution in [0.1, 0.15) is 57.0 Å². The summed E-state index contributed by atoms with van der Waals surface area (Å²) in [4.78, 5) is 19.1. The predicted molar refractivity (Wildman–Crippen MR) is 75.1 cm³/mol. The second-order valence-electron chi connectivity index (χ2n) is 5.91. The third-order valence-electron chi connectivity index (χ3n) is 4.21. The van der Waals surface area contributed by atoms with E-state index >= 15 is 0 Å². The summed E-state index contributed by atoms with van der Waals surface area (Å²) in [6.45, 7) is 4.99. The minimum Gasteiger partial charge on any atom is -0.378 e. The number of ether oxygens (including phenoxy) is 1. The maximum atomic E-state index is 11.7. The second kappa shape index (κ2) is 6.33. The minimum atomic E-state index is -0.0666. The van der Waals surface area contributed by atoms with Gasteiger partial charge < -0.3 is 9.72 Å². The number of H-pyrrole nitrogens is 1. The van der Waals surface area contributed by atoms with Gasteiger partial charge in [0, 0.05) is 19.1 Å². The lowest BCUT2D eigenvalue weighted by atomic mass is 9.77. The summed E-state index contributed by atoms with van der Waals surface area (Å²) in [6.07, 6.45) is 4.73. The zero-order valence-electron chi connectivity index (χ0n) is 12.1. The van der Waals surface area contributed by atoms with Crippen molar-refractivity contribution in [1.29, 1.82) is 0 Å². The van der Waals surface area contributed by atoms with Crippen LogP contribution in [-0.2, 0) is 11.3 Å². The van der Waals surface area contributed by atoms with Crippen LogP contribution in [0.5, 0.6) is 0 Å². The van der Waals surface area contributed by atoms with Gasteiger partial charge in [0.25, 0.3) is 5.56 Å². The van der Waals surface area contributed by atoms with Gasteiger partial charge in [0.1, 0.15) is 5.82 Å². The number of hydrogen-bond donors (Lipinski definition) is 1. The lowest BCUT2D eigenvalue weighted by Gasteiger charge is -2.30. The molecule has 1 aliphatic rings. The molecule has 1 aromatic rings. The first-order valence-electron chi connectivity index (χ1n) is 7.19. The molecule has 1 heterocycles. The molecule has 4 nitrogen and oxygen atoms in total. The van der Waals surface area contributed by atoms with Crippen molar-refractivity contribution in [3.8, 4) is 0 Å². The normalized spacial score (nSPS) is 23.8. The Morgan fingerprint density at radius 1 is 1.37 bits per heavy atom. The van der Waals surface area contributed by atoms with Gasteiger partial charge in [-0.2, -0.15) is 0 Å². The summed E-state index contributed by atoms with van der Waals surface area (Å²) in [6, 6.07) is 1.52. The Bertz CT molecular complexity index is 459. The molecule has 1 N–H and O–H groups in total. The van der Waals surface area contributed by atoms with Gasteiger partial charge in [0.05, 0.1) is 12.3 Å². The van der Waals surface area contributed by atoms with Gasteiger partial charge in [0.15, 0.2) is 0 Å². The van der Waals surface area contributed by atoms with Gasteiger partial charge in [-0.25, -0.2) is 4.98 Å². The highest BCUT2D eigenvalue weighted by Crippen LogP contribution is 2.37. The van der Waals surface area contributed by atoms with Crippen LogP contribution < -0.4 is 5.56 Å². The summed E-state index contributed by atoms with van der Waals surface area (Å²) in [7, 11) is 1.62. The quantitative estimate of drug-likeness (QED) is 0.909.